The highest BCUT2D eigenvalue weighted by Gasteiger charge is 2.34. The van der Waals surface area contributed by atoms with Crippen LogP contribution in [0.2, 0.25) is 0 Å². The molecule has 2 aromatic carbocycles. The number of amides is 2. The Hall–Kier alpha value is -2.96. The third-order valence-electron chi connectivity index (χ3n) is 4.72. The largest absolute Gasteiger partial charge is 0.434 e. The number of alkyl halides is 2. The topological polar surface area (TPSA) is 58.6 Å². The van der Waals surface area contributed by atoms with Crippen LogP contribution in [0, 0.1) is 12.8 Å². The molecule has 1 aliphatic rings. The summed E-state index contributed by atoms with van der Waals surface area (Å²) in [7, 11) is 0. The van der Waals surface area contributed by atoms with Gasteiger partial charge in [-0.15, -0.1) is 0 Å². The first kappa shape index (κ1) is 19.8. The third-order valence-corrected chi connectivity index (χ3v) is 4.72. The van der Waals surface area contributed by atoms with Gasteiger partial charge in [-0.1, -0.05) is 48.0 Å². The third kappa shape index (κ3) is 5.06. The molecule has 1 saturated heterocycles. The fourth-order valence-electron chi connectivity index (χ4n) is 3.20. The lowest BCUT2D eigenvalue weighted by atomic mass is 10.1. The molecule has 2 amide bonds. The van der Waals surface area contributed by atoms with E-state index in [2.05, 4.69) is 10.1 Å². The maximum atomic E-state index is 12.5. The monoisotopic (exact) mass is 388 g/mol. The Labute approximate surface area is 162 Å². The maximum Gasteiger partial charge on any atom is 0.387 e. The molecule has 1 atom stereocenters. The fourth-order valence-corrected chi connectivity index (χ4v) is 3.20. The zero-order valence-electron chi connectivity index (χ0n) is 15.5. The number of hydrogen-bond acceptors (Lipinski definition) is 3. The number of hydrogen-bond donors (Lipinski definition) is 1. The molecule has 5 nitrogen and oxygen atoms in total. The smallest absolute Gasteiger partial charge is 0.387 e. The summed E-state index contributed by atoms with van der Waals surface area (Å²) in [6.07, 6.45) is 0.146. The van der Waals surface area contributed by atoms with Gasteiger partial charge in [0, 0.05) is 31.6 Å². The molecular weight excluding hydrogens is 366 g/mol. The number of para-hydroxylation sites is 1. The van der Waals surface area contributed by atoms with Crippen LogP contribution in [-0.4, -0.2) is 29.9 Å². The van der Waals surface area contributed by atoms with Gasteiger partial charge in [0.05, 0.1) is 5.92 Å². The molecular formula is C21H22F2N2O3. The van der Waals surface area contributed by atoms with Gasteiger partial charge in [0.15, 0.2) is 0 Å². The molecule has 0 saturated carbocycles. The summed E-state index contributed by atoms with van der Waals surface area (Å²) in [5.41, 5.74) is 2.61. The van der Waals surface area contributed by atoms with E-state index in [0.717, 1.165) is 11.1 Å². The number of likely N-dealkylation sites (tertiary alicyclic amines) is 1. The van der Waals surface area contributed by atoms with Gasteiger partial charge in [0.1, 0.15) is 5.75 Å². The molecule has 0 bridgehead atoms. The van der Waals surface area contributed by atoms with Gasteiger partial charge >= 0.3 is 6.61 Å². The van der Waals surface area contributed by atoms with E-state index in [4.69, 9.17) is 0 Å². The number of ether oxygens (including phenoxy) is 1. The van der Waals surface area contributed by atoms with Crippen LogP contribution in [0.1, 0.15) is 23.1 Å². The van der Waals surface area contributed by atoms with Gasteiger partial charge in [0.25, 0.3) is 0 Å². The average Bonchev–Trinajstić information content (AvgIpc) is 3.03. The molecule has 1 fully saturated rings. The Kier molecular flexibility index (Phi) is 6.23. The van der Waals surface area contributed by atoms with Gasteiger partial charge in [0.2, 0.25) is 11.8 Å². The van der Waals surface area contributed by atoms with Crippen molar-refractivity contribution in [2.45, 2.75) is 33.0 Å². The molecule has 0 spiro atoms. The molecule has 148 valence electrons. The number of halogens is 2. The van der Waals surface area contributed by atoms with E-state index >= 15 is 0 Å². The summed E-state index contributed by atoms with van der Waals surface area (Å²) in [5.74, 6) is -0.767. The molecule has 1 heterocycles. The van der Waals surface area contributed by atoms with Gasteiger partial charge in [-0.05, 0) is 18.6 Å². The number of nitrogens with one attached hydrogen (secondary N) is 1. The van der Waals surface area contributed by atoms with E-state index in [1.54, 1.807) is 23.1 Å². The lowest BCUT2D eigenvalue weighted by Gasteiger charge is -2.17. The van der Waals surface area contributed by atoms with Crippen molar-refractivity contribution >= 4 is 11.8 Å². The summed E-state index contributed by atoms with van der Waals surface area (Å²) in [5, 5.41) is 2.72. The van der Waals surface area contributed by atoms with Gasteiger partial charge in [-0.3, -0.25) is 9.59 Å². The summed E-state index contributed by atoms with van der Waals surface area (Å²) in [6, 6.07) is 14.2. The maximum absolute atomic E-state index is 12.5. The van der Waals surface area contributed by atoms with E-state index < -0.39 is 12.5 Å². The number of carbonyl (C=O) groups is 2. The van der Waals surface area contributed by atoms with E-state index in [9.17, 15) is 18.4 Å². The Bertz CT molecular complexity index is 840. The van der Waals surface area contributed by atoms with Crippen molar-refractivity contribution in [3.63, 3.8) is 0 Å². The first-order chi connectivity index (χ1) is 13.4. The molecule has 28 heavy (non-hydrogen) atoms. The second kappa shape index (κ2) is 8.82. The number of nitrogens with zero attached hydrogens (tertiary/aromatic N) is 1. The van der Waals surface area contributed by atoms with E-state index in [0.29, 0.717) is 18.7 Å². The summed E-state index contributed by atoms with van der Waals surface area (Å²) >= 11 is 0. The predicted octanol–water partition coefficient (Wildman–Crippen LogP) is 3.26. The highest BCUT2D eigenvalue weighted by molar-refractivity contribution is 5.89. The van der Waals surface area contributed by atoms with Crippen molar-refractivity contribution in [2.75, 3.05) is 6.54 Å². The van der Waals surface area contributed by atoms with Crippen LogP contribution in [0.3, 0.4) is 0 Å². The minimum Gasteiger partial charge on any atom is -0.434 e. The van der Waals surface area contributed by atoms with Gasteiger partial charge < -0.3 is 15.0 Å². The van der Waals surface area contributed by atoms with Crippen LogP contribution in [0.4, 0.5) is 8.78 Å². The highest BCUT2D eigenvalue weighted by atomic mass is 19.3. The Morgan fingerprint density at radius 2 is 1.93 bits per heavy atom. The van der Waals surface area contributed by atoms with Crippen molar-refractivity contribution in [3.05, 3.63) is 65.2 Å². The quantitative estimate of drug-likeness (QED) is 0.792. The Balaban J connectivity index is 1.56. The standard InChI is InChI=1S/C21H22F2N2O3/c1-14-6-8-15(9-7-14)12-25-13-17(10-19(25)26)20(27)24-11-16-4-2-3-5-18(16)28-21(22)23/h2-9,17,21H,10-13H2,1H3,(H,24,27). The second-order valence-corrected chi connectivity index (χ2v) is 6.86. The summed E-state index contributed by atoms with van der Waals surface area (Å²) in [4.78, 5) is 26.4. The summed E-state index contributed by atoms with van der Waals surface area (Å²) in [6.45, 7) is -0.0681. The normalized spacial score (nSPS) is 16.5. The highest BCUT2D eigenvalue weighted by Crippen LogP contribution is 2.23. The molecule has 3 rings (SSSR count). The minimum absolute atomic E-state index is 0.0290. The van der Waals surface area contributed by atoms with Crippen LogP contribution in [0.5, 0.6) is 5.75 Å². The van der Waals surface area contributed by atoms with Gasteiger partial charge in [-0.2, -0.15) is 8.78 Å². The number of rotatable bonds is 7. The fraction of sp³-hybridized carbons (Fsp3) is 0.333. The van der Waals surface area contributed by atoms with E-state index in [1.165, 1.54) is 6.07 Å². The van der Waals surface area contributed by atoms with Crippen LogP contribution in [0.25, 0.3) is 0 Å². The molecule has 7 heteroatoms. The van der Waals surface area contributed by atoms with Crippen molar-refractivity contribution < 1.29 is 23.1 Å². The van der Waals surface area contributed by atoms with Crippen LogP contribution >= 0.6 is 0 Å². The lowest BCUT2D eigenvalue weighted by molar-refractivity contribution is -0.129. The summed E-state index contributed by atoms with van der Waals surface area (Å²) < 4.78 is 29.4. The van der Waals surface area contributed by atoms with Crippen LogP contribution in [-0.2, 0) is 22.7 Å². The van der Waals surface area contributed by atoms with Crippen molar-refractivity contribution in [1.29, 1.82) is 0 Å². The lowest BCUT2D eigenvalue weighted by Crippen LogP contribution is -2.32. The second-order valence-electron chi connectivity index (χ2n) is 6.86. The Morgan fingerprint density at radius 1 is 1.21 bits per heavy atom. The SMILES string of the molecule is Cc1ccc(CN2CC(C(=O)NCc3ccccc3OC(F)F)CC2=O)cc1. The zero-order chi connectivity index (χ0) is 20.1. The van der Waals surface area contributed by atoms with E-state index in [1.807, 2.05) is 31.2 Å². The number of benzene rings is 2. The Morgan fingerprint density at radius 3 is 2.64 bits per heavy atom. The van der Waals surface area contributed by atoms with E-state index in [-0.39, 0.29) is 30.5 Å². The molecule has 0 radical (unpaired) electrons. The average molecular weight is 388 g/mol. The predicted molar refractivity (Wildman–Crippen MR) is 99.6 cm³/mol. The molecule has 0 aromatic heterocycles. The molecule has 1 aliphatic heterocycles. The minimum atomic E-state index is -2.93. The molecule has 2 aromatic rings. The molecule has 1 unspecified atom stereocenters. The van der Waals surface area contributed by atoms with Crippen molar-refractivity contribution in [1.82, 2.24) is 10.2 Å². The first-order valence-electron chi connectivity index (χ1n) is 9.06. The first-order valence-corrected chi connectivity index (χ1v) is 9.06. The van der Waals surface area contributed by atoms with Crippen molar-refractivity contribution in [3.8, 4) is 5.75 Å². The number of aryl methyl sites for hydroxylation is 1. The van der Waals surface area contributed by atoms with Crippen molar-refractivity contribution in [2.24, 2.45) is 5.92 Å². The zero-order valence-corrected chi connectivity index (χ0v) is 15.5. The van der Waals surface area contributed by atoms with Crippen LogP contribution < -0.4 is 10.1 Å². The molecule has 1 N–H and O–H groups in total. The van der Waals surface area contributed by atoms with Gasteiger partial charge in [-0.25, -0.2) is 0 Å². The number of carbonyl (C=O) groups excluding carboxylic acids is 2. The molecule has 0 aliphatic carbocycles. The van der Waals surface area contributed by atoms with Crippen LogP contribution in [0.15, 0.2) is 48.5 Å².